The first-order valence-electron chi connectivity index (χ1n) is 8.13. The van der Waals surface area contributed by atoms with Crippen LogP contribution in [0.1, 0.15) is 6.42 Å². The van der Waals surface area contributed by atoms with Gasteiger partial charge in [-0.3, -0.25) is 4.90 Å². The van der Waals surface area contributed by atoms with Gasteiger partial charge >= 0.3 is 0 Å². The first-order valence-corrected chi connectivity index (χ1v) is 8.13. The van der Waals surface area contributed by atoms with Gasteiger partial charge in [0.25, 0.3) is 0 Å². The molecule has 1 aromatic rings. The van der Waals surface area contributed by atoms with Crippen LogP contribution in [0.5, 0.6) is 0 Å². The number of nitrogens with one attached hydrogen (secondary N) is 1. The largest absolute Gasteiger partial charge is 0.369 e. The number of piperazine rings is 1. The SMILES string of the molecule is CN(C)CCCNCCN1CCN(c2ccccc2)CC1. The Morgan fingerprint density at radius 3 is 2.38 bits per heavy atom. The van der Waals surface area contributed by atoms with Crippen LogP contribution in [-0.2, 0) is 0 Å². The highest BCUT2D eigenvalue weighted by Crippen LogP contribution is 2.15. The predicted molar refractivity (Wildman–Crippen MR) is 91.1 cm³/mol. The molecule has 21 heavy (non-hydrogen) atoms. The van der Waals surface area contributed by atoms with E-state index in [1.807, 2.05) is 0 Å². The van der Waals surface area contributed by atoms with Crippen molar-refractivity contribution in [1.82, 2.24) is 15.1 Å². The topological polar surface area (TPSA) is 21.8 Å². The normalized spacial score (nSPS) is 16.6. The Labute approximate surface area is 129 Å². The quantitative estimate of drug-likeness (QED) is 0.730. The number of rotatable bonds is 8. The lowest BCUT2D eigenvalue weighted by Crippen LogP contribution is -2.48. The Morgan fingerprint density at radius 2 is 1.71 bits per heavy atom. The first kappa shape index (κ1) is 16.3. The van der Waals surface area contributed by atoms with Crippen molar-refractivity contribution in [2.24, 2.45) is 0 Å². The fourth-order valence-corrected chi connectivity index (χ4v) is 2.75. The van der Waals surface area contributed by atoms with Crippen LogP contribution in [0.15, 0.2) is 30.3 Å². The van der Waals surface area contributed by atoms with Gasteiger partial charge < -0.3 is 15.1 Å². The van der Waals surface area contributed by atoms with E-state index >= 15 is 0 Å². The maximum atomic E-state index is 3.55. The van der Waals surface area contributed by atoms with E-state index in [9.17, 15) is 0 Å². The molecule has 1 aliphatic heterocycles. The van der Waals surface area contributed by atoms with E-state index in [0.717, 1.165) is 26.2 Å². The maximum Gasteiger partial charge on any atom is 0.0367 e. The highest BCUT2D eigenvalue weighted by molar-refractivity contribution is 5.46. The third-order valence-corrected chi connectivity index (χ3v) is 4.06. The second-order valence-electron chi connectivity index (χ2n) is 6.07. The molecule has 0 atom stereocenters. The van der Waals surface area contributed by atoms with Crippen molar-refractivity contribution in [3.8, 4) is 0 Å². The molecule has 4 heteroatoms. The van der Waals surface area contributed by atoms with E-state index < -0.39 is 0 Å². The number of benzene rings is 1. The summed E-state index contributed by atoms with van der Waals surface area (Å²) in [6, 6.07) is 10.8. The molecule has 1 aromatic carbocycles. The summed E-state index contributed by atoms with van der Waals surface area (Å²) < 4.78 is 0. The Balaban J connectivity index is 1.55. The number of nitrogens with zero attached hydrogens (tertiary/aromatic N) is 3. The van der Waals surface area contributed by atoms with E-state index in [1.54, 1.807) is 0 Å². The lowest BCUT2D eigenvalue weighted by atomic mass is 10.2. The molecule has 2 rings (SSSR count). The summed E-state index contributed by atoms with van der Waals surface area (Å²) in [5, 5.41) is 3.55. The van der Waals surface area contributed by atoms with Crippen LogP contribution in [0.2, 0.25) is 0 Å². The van der Waals surface area contributed by atoms with Gasteiger partial charge in [-0.05, 0) is 45.7 Å². The Bertz CT molecular complexity index is 372. The smallest absolute Gasteiger partial charge is 0.0367 e. The molecular formula is C17H30N4. The van der Waals surface area contributed by atoms with Gasteiger partial charge in [0.15, 0.2) is 0 Å². The van der Waals surface area contributed by atoms with Crippen molar-refractivity contribution in [1.29, 1.82) is 0 Å². The van der Waals surface area contributed by atoms with Crippen molar-refractivity contribution >= 4 is 5.69 Å². The minimum absolute atomic E-state index is 1.11. The Hall–Kier alpha value is -1.10. The minimum Gasteiger partial charge on any atom is -0.369 e. The molecule has 1 N–H and O–H groups in total. The molecule has 1 saturated heterocycles. The summed E-state index contributed by atoms with van der Waals surface area (Å²) in [6.45, 7) is 9.21. The Kier molecular flexibility index (Phi) is 7.00. The molecule has 1 heterocycles. The first-order chi connectivity index (χ1) is 10.3. The molecule has 0 unspecified atom stereocenters. The van der Waals surface area contributed by atoms with E-state index in [0.29, 0.717) is 0 Å². The second kappa shape index (κ2) is 9.03. The third kappa shape index (κ3) is 6.04. The zero-order valence-corrected chi connectivity index (χ0v) is 13.6. The van der Waals surface area contributed by atoms with Crippen LogP contribution in [-0.4, -0.2) is 76.3 Å². The van der Waals surface area contributed by atoms with E-state index in [4.69, 9.17) is 0 Å². The summed E-state index contributed by atoms with van der Waals surface area (Å²) in [5.74, 6) is 0. The molecule has 0 aliphatic carbocycles. The molecule has 4 nitrogen and oxygen atoms in total. The molecule has 0 spiro atoms. The minimum atomic E-state index is 1.11. The zero-order chi connectivity index (χ0) is 14.9. The van der Waals surface area contributed by atoms with Crippen LogP contribution >= 0.6 is 0 Å². The maximum absolute atomic E-state index is 3.55. The second-order valence-corrected chi connectivity index (χ2v) is 6.07. The van der Waals surface area contributed by atoms with Gasteiger partial charge in [0.2, 0.25) is 0 Å². The van der Waals surface area contributed by atoms with Crippen LogP contribution in [0, 0.1) is 0 Å². The van der Waals surface area contributed by atoms with Crippen LogP contribution in [0.4, 0.5) is 5.69 Å². The fraction of sp³-hybridized carbons (Fsp3) is 0.647. The summed E-state index contributed by atoms with van der Waals surface area (Å²) in [5.41, 5.74) is 1.36. The van der Waals surface area contributed by atoms with E-state index in [2.05, 4.69) is 64.4 Å². The van der Waals surface area contributed by atoms with Gasteiger partial charge in [0, 0.05) is 45.0 Å². The van der Waals surface area contributed by atoms with Crippen molar-refractivity contribution in [2.75, 3.05) is 71.4 Å². The van der Waals surface area contributed by atoms with Gasteiger partial charge in [0.05, 0.1) is 0 Å². The van der Waals surface area contributed by atoms with Gasteiger partial charge in [-0.1, -0.05) is 18.2 Å². The van der Waals surface area contributed by atoms with Gasteiger partial charge in [-0.15, -0.1) is 0 Å². The van der Waals surface area contributed by atoms with Crippen molar-refractivity contribution in [3.63, 3.8) is 0 Å². The number of para-hydroxylation sites is 1. The summed E-state index contributed by atoms with van der Waals surface area (Å²) >= 11 is 0. The number of anilines is 1. The summed E-state index contributed by atoms with van der Waals surface area (Å²) in [4.78, 5) is 7.30. The molecule has 0 bridgehead atoms. The zero-order valence-electron chi connectivity index (χ0n) is 13.6. The fourth-order valence-electron chi connectivity index (χ4n) is 2.75. The molecule has 0 aromatic heterocycles. The number of hydrogen-bond donors (Lipinski definition) is 1. The lowest BCUT2D eigenvalue weighted by molar-refractivity contribution is 0.257. The molecule has 1 fully saturated rings. The Morgan fingerprint density at radius 1 is 1.00 bits per heavy atom. The molecular weight excluding hydrogens is 260 g/mol. The molecule has 0 saturated carbocycles. The number of hydrogen-bond acceptors (Lipinski definition) is 4. The molecule has 118 valence electrons. The highest BCUT2D eigenvalue weighted by atomic mass is 15.3. The van der Waals surface area contributed by atoms with Gasteiger partial charge in [-0.25, -0.2) is 0 Å². The van der Waals surface area contributed by atoms with Crippen molar-refractivity contribution < 1.29 is 0 Å². The van der Waals surface area contributed by atoms with Crippen LogP contribution in [0.3, 0.4) is 0 Å². The van der Waals surface area contributed by atoms with Crippen LogP contribution in [0.25, 0.3) is 0 Å². The highest BCUT2D eigenvalue weighted by Gasteiger charge is 2.16. The third-order valence-electron chi connectivity index (χ3n) is 4.06. The predicted octanol–water partition coefficient (Wildman–Crippen LogP) is 1.35. The molecule has 0 amide bonds. The van der Waals surface area contributed by atoms with Crippen molar-refractivity contribution in [3.05, 3.63) is 30.3 Å². The molecule has 0 radical (unpaired) electrons. The van der Waals surface area contributed by atoms with Crippen molar-refractivity contribution in [2.45, 2.75) is 6.42 Å². The standard InChI is InChI=1S/C17H30N4/c1-19(2)11-6-9-18-10-12-20-13-15-21(16-14-20)17-7-4-3-5-8-17/h3-5,7-8,18H,6,9-16H2,1-2H3. The van der Waals surface area contributed by atoms with Gasteiger partial charge in [0.1, 0.15) is 0 Å². The van der Waals surface area contributed by atoms with E-state index in [1.165, 1.54) is 38.3 Å². The average Bonchev–Trinajstić information content (AvgIpc) is 2.52. The monoisotopic (exact) mass is 290 g/mol. The van der Waals surface area contributed by atoms with Crippen LogP contribution < -0.4 is 10.2 Å². The van der Waals surface area contributed by atoms with Gasteiger partial charge in [-0.2, -0.15) is 0 Å². The molecule has 1 aliphatic rings. The lowest BCUT2D eigenvalue weighted by Gasteiger charge is -2.36. The summed E-state index contributed by atoms with van der Waals surface area (Å²) in [6.07, 6.45) is 1.23. The summed E-state index contributed by atoms with van der Waals surface area (Å²) in [7, 11) is 4.26. The van der Waals surface area contributed by atoms with E-state index in [-0.39, 0.29) is 0 Å². The average molecular weight is 290 g/mol.